The van der Waals surface area contributed by atoms with Crippen LogP contribution in [0.1, 0.15) is 5.56 Å². The van der Waals surface area contributed by atoms with Crippen LogP contribution in [-0.4, -0.2) is 4.57 Å². The number of aromatic nitrogens is 1. The average molecular weight is 440 g/mol. The van der Waals surface area contributed by atoms with Gasteiger partial charge in [0.1, 0.15) is 0 Å². The van der Waals surface area contributed by atoms with E-state index in [1.165, 1.54) is 64.4 Å². The third-order valence-corrected chi connectivity index (χ3v) is 7.83. The molecule has 0 spiro atoms. The van der Waals surface area contributed by atoms with Crippen LogP contribution in [0.4, 0.5) is 0 Å². The monoisotopic (exact) mass is 439 g/mol. The van der Waals surface area contributed by atoms with E-state index in [1.807, 2.05) is 11.3 Å². The molecule has 156 valence electrons. The van der Waals surface area contributed by atoms with Crippen molar-refractivity contribution in [3.05, 3.63) is 115 Å². The van der Waals surface area contributed by atoms with Crippen molar-refractivity contribution in [2.45, 2.75) is 6.92 Å². The van der Waals surface area contributed by atoms with Crippen LogP contribution in [0.5, 0.6) is 0 Å². The van der Waals surface area contributed by atoms with Gasteiger partial charge in [-0.05, 0) is 42.3 Å². The molecular formula is C31H21NS. The molecule has 0 amide bonds. The van der Waals surface area contributed by atoms with E-state index in [-0.39, 0.29) is 0 Å². The number of para-hydroxylation sites is 1. The summed E-state index contributed by atoms with van der Waals surface area (Å²) in [4.78, 5) is 0. The van der Waals surface area contributed by atoms with Crippen molar-refractivity contribution < 1.29 is 0 Å². The topological polar surface area (TPSA) is 4.93 Å². The Bertz CT molecular complexity index is 1830. The van der Waals surface area contributed by atoms with Gasteiger partial charge in [-0.2, -0.15) is 0 Å². The largest absolute Gasteiger partial charge is 0.308 e. The standard InChI is InChI=1S/C31H21NS/c1-20-8-6-9-21(18-20)22-10-7-11-23(19-22)32-28-14-4-2-12-24(28)26-16-17-27-25-13-3-5-15-29(25)33-31(27)30(26)32/h2-19H,1H3. The van der Waals surface area contributed by atoms with Gasteiger partial charge in [-0.25, -0.2) is 0 Å². The van der Waals surface area contributed by atoms with Crippen LogP contribution >= 0.6 is 11.3 Å². The highest BCUT2D eigenvalue weighted by molar-refractivity contribution is 7.26. The fraction of sp³-hybridized carbons (Fsp3) is 0.0323. The molecule has 2 aromatic heterocycles. The molecule has 1 nitrogen and oxygen atoms in total. The predicted octanol–water partition coefficient (Wildman–Crippen LogP) is 9.13. The molecule has 0 atom stereocenters. The van der Waals surface area contributed by atoms with Crippen molar-refractivity contribution in [3.63, 3.8) is 0 Å². The van der Waals surface area contributed by atoms with Crippen molar-refractivity contribution in [1.29, 1.82) is 0 Å². The molecule has 0 bridgehead atoms. The third-order valence-electron chi connectivity index (χ3n) is 6.64. The highest BCUT2D eigenvalue weighted by Gasteiger charge is 2.17. The molecule has 5 aromatic carbocycles. The van der Waals surface area contributed by atoms with E-state index in [9.17, 15) is 0 Å². The average Bonchev–Trinajstić information content (AvgIpc) is 3.40. The molecule has 7 aromatic rings. The molecule has 0 fully saturated rings. The van der Waals surface area contributed by atoms with Gasteiger partial charge < -0.3 is 4.57 Å². The fourth-order valence-electron chi connectivity index (χ4n) is 5.15. The second kappa shape index (κ2) is 7.06. The van der Waals surface area contributed by atoms with Crippen LogP contribution in [0, 0.1) is 6.92 Å². The highest BCUT2D eigenvalue weighted by atomic mass is 32.1. The van der Waals surface area contributed by atoms with E-state index < -0.39 is 0 Å². The normalized spacial score (nSPS) is 11.8. The number of hydrogen-bond acceptors (Lipinski definition) is 1. The molecule has 0 unspecified atom stereocenters. The number of rotatable bonds is 2. The van der Waals surface area contributed by atoms with E-state index in [2.05, 4.69) is 121 Å². The maximum Gasteiger partial charge on any atom is 0.0719 e. The molecule has 0 aliphatic carbocycles. The van der Waals surface area contributed by atoms with Crippen LogP contribution in [0.3, 0.4) is 0 Å². The van der Waals surface area contributed by atoms with Crippen molar-refractivity contribution in [1.82, 2.24) is 4.57 Å². The number of fused-ring (bicyclic) bond motifs is 7. The molecule has 0 aliphatic heterocycles. The number of nitrogens with zero attached hydrogens (tertiary/aromatic N) is 1. The first-order chi connectivity index (χ1) is 16.3. The lowest BCUT2D eigenvalue weighted by Gasteiger charge is -2.11. The summed E-state index contributed by atoms with van der Waals surface area (Å²) < 4.78 is 5.15. The fourth-order valence-corrected chi connectivity index (χ4v) is 6.39. The van der Waals surface area contributed by atoms with Gasteiger partial charge >= 0.3 is 0 Å². The Balaban J connectivity index is 1.61. The molecular weight excluding hydrogens is 418 g/mol. The Labute approximate surface area is 196 Å². The number of benzene rings is 5. The summed E-state index contributed by atoms with van der Waals surface area (Å²) in [6.45, 7) is 2.15. The Hall–Kier alpha value is -3.88. The summed E-state index contributed by atoms with van der Waals surface area (Å²) in [5.41, 5.74) is 7.53. The number of hydrogen-bond donors (Lipinski definition) is 0. The van der Waals surface area contributed by atoms with E-state index in [0.717, 1.165) is 0 Å². The molecule has 0 saturated carbocycles. The van der Waals surface area contributed by atoms with Crippen molar-refractivity contribution >= 4 is 53.3 Å². The van der Waals surface area contributed by atoms with Gasteiger partial charge in [-0.15, -0.1) is 11.3 Å². The van der Waals surface area contributed by atoms with E-state index >= 15 is 0 Å². The van der Waals surface area contributed by atoms with Crippen LogP contribution < -0.4 is 0 Å². The Kier molecular flexibility index (Phi) is 3.99. The maximum absolute atomic E-state index is 2.46. The van der Waals surface area contributed by atoms with E-state index in [0.29, 0.717) is 0 Å². The summed E-state index contributed by atoms with van der Waals surface area (Å²) in [5.74, 6) is 0. The van der Waals surface area contributed by atoms with Gasteiger partial charge in [0.2, 0.25) is 0 Å². The first kappa shape index (κ1) is 18.7. The lowest BCUT2D eigenvalue weighted by Crippen LogP contribution is -1.94. The molecule has 0 saturated heterocycles. The SMILES string of the molecule is Cc1cccc(-c2cccc(-n3c4ccccc4c4ccc5c6ccccc6sc5c43)c2)c1. The summed E-state index contributed by atoms with van der Waals surface area (Å²) in [6.07, 6.45) is 0. The molecule has 33 heavy (non-hydrogen) atoms. The van der Waals surface area contributed by atoms with Crippen molar-refractivity contribution in [2.75, 3.05) is 0 Å². The molecule has 2 heterocycles. The van der Waals surface area contributed by atoms with Gasteiger partial charge in [0, 0.05) is 31.9 Å². The van der Waals surface area contributed by atoms with E-state index in [1.54, 1.807) is 0 Å². The second-order valence-electron chi connectivity index (χ2n) is 8.71. The first-order valence-corrected chi connectivity index (χ1v) is 12.1. The Morgan fingerprint density at radius 2 is 1.30 bits per heavy atom. The molecule has 0 radical (unpaired) electrons. The lowest BCUT2D eigenvalue weighted by molar-refractivity contribution is 1.19. The third kappa shape index (κ3) is 2.78. The zero-order valence-corrected chi connectivity index (χ0v) is 19.1. The van der Waals surface area contributed by atoms with Crippen LogP contribution in [0.2, 0.25) is 0 Å². The summed E-state index contributed by atoms with van der Waals surface area (Å²) in [6, 6.07) is 39.8. The smallest absolute Gasteiger partial charge is 0.0719 e. The van der Waals surface area contributed by atoms with Gasteiger partial charge in [0.15, 0.2) is 0 Å². The number of aryl methyl sites for hydroxylation is 1. The van der Waals surface area contributed by atoms with Gasteiger partial charge in [0.05, 0.1) is 15.7 Å². The second-order valence-corrected chi connectivity index (χ2v) is 9.76. The van der Waals surface area contributed by atoms with E-state index in [4.69, 9.17) is 0 Å². The quantitative estimate of drug-likeness (QED) is 0.253. The summed E-state index contributed by atoms with van der Waals surface area (Å²) >= 11 is 1.90. The van der Waals surface area contributed by atoms with Gasteiger partial charge in [0.25, 0.3) is 0 Å². The van der Waals surface area contributed by atoms with Gasteiger partial charge in [-0.1, -0.05) is 90.5 Å². The molecule has 2 heteroatoms. The van der Waals surface area contributed by atoms with Crippen LogP contribution in [-0.2, 0) is 0 Å². The number of thiophene rings is 1. The first-order valence-electron chi connectivity index (χ1n) is 11.3. The minimum atomic E-state index is 1.20. The molecule has 0 N–H and O–H groups in total. The minimum Gasteiger partial charge on any atom is -0.308 e. The zero-order valence-electron chi connectivity index (χ0n) is 18.2. The summed E-state index contributed by atoms with van der Waals surface area (Å²) in [7, 11) is 0. The Morgan fingerprint density at radius 3 is 2.18 bits per heavy atom. The van der Waals surface area contributed by atoms with Crippen molar-refractivity contribution in [2.24, 2.45) is 0 Å². The van der Waals surface area contributed by atoms with Crippen molar-refractivity contribution in [3.8, 4) is 16.8 Å². The van der Waals surface area contributed by atoms with Crippen LogP contribution in [0.25, 0.3) is 58.8 Å². The Morgan fingerprint density at radius 1 is 0.576 bits per heavy atom. The minimum absolute atomic E-state index is 1.20. The predicted molar refractivity (Wildman–Crippen MR) is 144 cm³/mol. The lowest BCUT2D eigenvalue weighted by atomic mass is 10.0. The molecule has 7 rings (SSSR count). The zero-order chi connectivity index (χ0) is 21.9. The summed E-state index contributed by atoms with van der Waals surface area (Å²) in [5, 5.41) is 5.28. The highest BCUT2D eigenvalue weighted by Crippen LogP contribution is 2.43. The van der Waals surface area contributed by atoms with Crippen LogP contribution in [0.15, 0.2) is 109 Å². The molecule has 0 aliphatic rings. The van der Waals surface area contributed by atoms with Gasteiger partial charge in [-0.3, -0.25) is 0 Å². The maximum atomic E-state index is 2.46.